The van der Waals surface area contributed by atoms with E-state index < -0.39 is 17.8 Å². The monoisotopic (exact) mass is 395 g/mol. The number of anilines is 1. The molecule has 0 saturated carbocycles. The highest BCUT2D eigenvalue weighted by Crippen LogP contribution is 2.37. The highest BCUT2D eigenvalue weighted by atomic mass is 19.4. The minimum absolute atomic E-state index is 0.0237. The fourth-order valence-corrected chi connectivity index (χ4v) is 3.20. The van der Waals surface area contributed by atoms with Crippen molar-refractivity contribution in [3.8, 4) is 5.75 Å². The van der Waals surface area contributed by atoms with E-state index in [-0.39, 0.29) is 5.75 Å². The molecule has 2 heterocycles. The number of nitrogens with one attached hydrogen (secondary N) is 1. The van der Waals surface area contributed by atoms with Crippen molar-refractivity contribution >= 4 is 16.6 Å². The highest BCUT2D eigenvalue weighted by molar-refractivity contribution is 5.86. The van der Waals surface area contributed by atoms with Crippen LogP contribution in [0.3, 0.4) is 0 Å². The summed E-state index contributed by atoms with van der Waals surface area (Å²) in [6.45, 7) is 0. The number of hydrogen-bond donors (Lipinski definition) is 2. The summed E-state index contributed by atoms with van der Waals surface area (Å²) in [6, 6.07) is 15.0. The zero-order valence-electron chi connectivity index (χ0n) is 15.1. The van der Waals surface area contributed by atoms with Gasteiger partial charge in [0.15, 0.2) is 0 Å². The summed E-state index contributed by atoms with van der Waals surface area (Å²) in [7, 11) is 0. The highest BCUT2D eigenvalue weighted by Gasteiger charge is 2.30. The second-order valence-electron chi connectivity index (χ2n) is 6.52. The summed E-state index contributed by atoms with van der Waals surface area (Å²) in [5.74, 6) is -0.0237. The van der Waals surface area contributed by atoms with Gasteiger partial charge in [0.05, 0.1) is 17.3 Å². The molecule has 2 aromatic heterocycles. The SMILES string of the molecule is Oc1c([C@H](Nc2cccnc2)c2ccc(C(F)(F)F)cc2)ccc2cccnc12. The van der Waals surface area contributed by atoms with Crippen LogP contribution < -0.4 is 5.32 Å². The van der Waals surface area contributed by atoms with Gasteiger partial charge in [0.1, 0.15) is 11.3 Å². The molecule has 29 heavy (non-hydrogen) atoms. The minimum Gasteiger partial charge on any atom is -0.505 e. The fourth-order valence-electron chi connectivity index (χ4n) is 3.20. The number of benzene rings is 2. The van der Waals surface area contributed by atoms with Crippen LogP contribution in [0.1, 0.15) is 22.7 Å². The molecule has 4 rings (SSSR count). The normalized spacial score (nSPS) is 12.7. The summed E-state index contributed by atoms with van der Waals surface area (Å²) >= 11 is 0. The molecule has 0 aliphatic rings. The maximum absolute atomic E-state index is 13.0. The molecule has 0 aliphatic carbocycles. The van der Waals surface area contributed by atoms with Gasteiger partial charge in [0.2, 0.25) is 0 Å². The number of nitrogens with zero attached hydrogens (tertiary/aromatic N) is 2. The van der Waals surface area contributed by atoms with Crippen molar-refractivity contribution in [2.75, 3.05) is 5.32 Å². The van der Waals surface area contributed by atoms with Crippen molar-refractivity contribution in [3.05, 3.63) is 95.9 Å². The maximum Gasteiger partial charge on any atom is 0.416 e. The molecule has 0 bridgehead atoms. The predicted octanol–water partition coefficient (Wildman–Crippen LogP) is 5.56. The Morgan fingerprint density at radius 1 is 0.897 bits per heavy atom. The van der Waals surface area contributed by atoms with Crippen molar-refractivity contribution in [2.24, 2.45) is 0 Å². The van der Waals surface area contributed by atoms with Crippen molar-refractivity contribution in [3.63, 3.8) is 0 Å². The van der Waals surface area contributed by atoms with E-state index in [2.05, 4.69) is 15.3 Å². The van der Waals surface area contributed by atoms with Crippen LogP contribution in [0.15, 0.2) is 79.3 Å². The first-order valence-electron chi connectivity index (χ1n) is 8.84. The molecule has 1 atom stereocenters. The van der Waals surface area contributed by atoms with Crippen molar-refractivity contribution in [1.29, 1.82) is 0 Å². The van der Waals surface area contributed by atoms with E-state index in [9.17, 15) is 18.3 Å². The number of aromatic hydroxyl groups is 1. The Kier molecular flexibility index (Phi) is 4.80. The molecule has 0 amide bonds. The van der Waals surface area contributed by atoms with Crippen LogP contribution in [0, 0.1) is 0 Å². The smallest absolute Gasteiger partial charge is 0.416 e. The molecule has 0 radical (unpaired) electrons. The Bertz CT molecular complexity index is 1130. The standard InChI is InChI=1S/C22H16F3N3O/c23-22(24,25)16-8-5-15(6-9-16)19(28-17-4-2-11-26-13-17)18-10-7-14-3-1-12-27-20(14)21(18)29/h1-13,19,28-29H/t19-/m1/s1. The van der Waals surface area contributed by atoms with Gasteiger partial charge in [0, 0.05) is 29.5 Å². The lowest BCUT2D eigenvalue weighted by molar-refractivity contribution is -0.137. The molecule has 4 nitrogen and oxygen atoms in total. The third-order valence-corrected chi connectivity index (χ3v) is 4.63. The average Bonchev–Trinajstić information content (AvgIpc) is 2.73. The number of phenolic OH excluding ortho intramolecular Hbond substituents is 1. The first-order valence-corrected chi connectivity index (χ1v) is 8.84. The number of halogens is 3. The van der Waals surface area contributed by atoms with Gasteiger partial charge in [-0.2, -0.15) is 13.2 Å². The lowest BCUT2D eigenvalue weighted by Crippen LogP contribution is -2.14. The molecule has 0 spiro atoms. The first kappa shape index (κ1) is 18.7. The van der Waals surface area contributed by atoms with Crippen molar-refractivity contribution in [1.82, 2.24) is 9.97 Å². The van der Waals surface area contributed by atoms with Crippen LogP contribution in [-0.4, -0.2) is 15.1 Å². The van der Waals surface area contributed by atoms with Gasteiger partial charge in [0.25, 0.3) is 0 Å². The minimum atomic E-state index is -4.42. The van der Waals surface area contributed by atoms with Crippen LogP contribution in [-0.2, 0) is 6.18 Å². The van der Waals surface area contributed by atoms with Crippen LogP contribution >= 0.6 is 0 Å². The quantitative estimate of drug-likeness (QED) is 0.475. The Labute approximate surface area is 164 Å². The molecule has 4 aromatic rings. The summed E-state index contributed by atoms with van der Waals surface area (Å²) in [5, 5.41) is 14.9. The van der Waals surface area contributed by atoms with Crippen LogP contribution in [0.5, 0.6) is 5.75 Å². The van der Waals surface area contributed by atoms with Gasteiger partial charge < -0.3 is 10.4 Å². The van der Waals surface area contributed by atoms with E-state index in [0.29, 0.717) is 22.3 Å². The van der Waals surface area contributed by atoms with Crippen molar-refractivity contribution in [2.45, 2.75) is 12.2 Å². The van der Waals surface area contributed by atoms with Gasteiger partial charge in [-0.05, 0) is 35.9 Å². The maximum atomic E-state index is 13.0. The van der Waals surface area contributed by atoms with Gasteiger partial charge in [-0.3, -0.25) is 9.97 Å². The molecule has 146 valence electrons. The third kappa shape index (κ3) is 3.85. The lowest BCUT2D eigenvalue weighted by atomic mass is 9.95. The summed E-state index contributed by atoms with van der Waals surface area (Å²) in [6.07, 6.45) is 0.385. The van der Waals surface area contributed by atoms with Crippen molar-refractivity contribution < 1.29 is 18.3 Å². The third-order valence-electron chi connectivity index (χ3n) is 4.63. The molecule has 0 aliphatic heterocycles. The number of phenols is 1. The number of rotatable bonds is 4. The molecule has 2 N–H and O–H groups in total. The van der Waals surface area contributed by atoms with E-state index in [1.807, 2.05) is 12.1 Å². The van der Waals surface area contributed by atoms with E-state index >= 15 is 0 Å². The van der Waals surface area contributed by atoms with Gasteiger partial charge in [-0.15, -0.1) is 0 Å². The summed E-state index contributed by atoms with van der Waals surface area (Å²) in [4.78, 5) is 8.29. The van der Waals surface area contributed by atoms with Gasteiger partial charge in [-0.1, -0.05) is 30.3 Å². The van der Waals surface area contributed by atoms with Crippen LogP contribution in [0.2, 0.25) is 0 Å². The Morgan fingerprint density at radius 2 is 1.66 bits per heavy atom. The molecule has 0 fully saturated rings. The number of pyridine rings is 2. The second-order valence-corrected chi connectivity index (χ2v) is 6.52. The van der Waals surface area contributed by atoms with E-state index in [1.165, 1.54) is 12.1 Å². The molecule has 0 unspecified atom stereocenters. The number of alkyl halides is 3. The number of hydrogen-bond acceptors (Lipinski definition) is 4. The average molecular weight is 395 g/mol. The van der Waals surface area contributed by atoms with E-state index in [4.69, 9.17) is 0 Å². The topological polar surface area (TPSA) is 58.0 Å². The lowest BCUT2D eigenvalue weighted by Gasteiger charge is -2.23. The second kappa shape index (κ2) is 7.43. The molecule has 7 heteroatoms. The molecular weight excluding hydrogens is 379 g/mol. The first-order chi connectivity index (χ1) is 13.9. The summed E-state index contributed by atoms with van der Waals surface area (Å²) < 4.78 is 38.9. The predicted molar refractivity (Wildman–Crippen MR) is 105 cm³/mol. The number of aromatic nitrogens is 2. The van der Waals surface area contributed by atoms with Gasteiger partial charge >= 0.3 is 6.18 Å². The van der Waals surface area contributed by atoms with Crippen LogP contribution in [0.4, 0.5) is 18.9 Å². The van der Waals surface area contributed by atoms with Gasteiger partial charge in [-0.25, -0.2) is 0 Å². The largest absolute Gasteiger partial charge is 0.505 e. The molecule has 0 saturated heterocycles. The molecule has 2 aromatic carbocycles. The Morgan fingerprint density at radius 3 is 2.34 bits per heavy atom. The zero-order valence-corrected chi connectivity index (χ0v) is 15.1. The Balaban J connectivity index is 1.82. The Hall–Kier alpha value is -3.61. The zero-order chi connectivity index (χ0) is 20.4. The van der Waals surface area contributed by atoms with E-state index in [0.717, 1.165) is 17.5 Å². The van der Waals surface area contributed by atoms with Crippen LogP contribution in [0.25, 0.3) is 10.9 Å². The molecular formula is C22H16F3N3O. The number of fused-ring (bicyclic) bond motifs is 1. The fraction of sp³-hybridized carbons (Fsp3) is 0.0909. The van der Waals surface area contributed by atoms with E-state index in [1.54, 1.807) is 42.9 Å². The summed E-state index contributed by atoms with van der Waals surface area (Å²) in [5.41, 5.74) is 1.42.